The molecule has 0 saturated carbocycles. The highest BCUT2D eigenvalue weighted by molar-refractivity contribution is 6.23. The van der Waals surface area contributed by atoms with Crippen LogP contribution in [0.4, 0.5) is 0 Å². The minimum absolute atomic E-state index is 0.0514. The second-order valence-electron chi connectivity index (χ2n) is 6.19. The normalized spacial score (nSPS) is 20.6. The number of nitrogens with zero attached hydrogens (tertiary/aromatic N) is 1. The van der Waals surface area contributed by atoms with Gasteiger partial charge in [0.2, 0.25) is 11.8 Å². The number of piperidine rings is 1. The fourth-order valence-electron chi connectivity index (χ4n) is 2.87. The molecule has 2 heterocycles. The van der Waals surface area contributed by atoms with Crippen molar-refractivity contribution in [3.05, 3.63) is 34.9 Å². The van der Waals surface area contributed by atoms with Crippen molar-refractivity contribution in [3.63, 3.8) is 0 Å². The Morgan fingerprint density at radius 2 is 1.88 bits per heavy atom. The molecular formula is C17H18N2O5. The highest BCUT2D eigenvalue weighted by atomic mass is 16.5. The van der Waals surface area contributed by atoms with E-state index in [1.54, 1.807) is 18.2 Å². The molecule has 3 rings (SSSR count). The van der Waals surface area contributed by atoms with Crippen LogP contribution in [-0.4, -0.2) is 40.7 Å². The number of hydrogen-bond acceptors (Lipinski definition) is 5. The lowest BCUT2D eigenvalue weighted by Gasteiger charge is -2.27. The number of carbonyl (C=O) groups is 4. The van der Waals surface area contributed by atoms with E-state index in [1.807, 2.05) is 13.8 Å². The van der Waals surface area contributed by atoms with Crippen LogP contribution < -0.4 is 5.32 Å². The minimum atomic E-state index is -0.939. The zero-order valence-electron chi connectivity index (χ0n) is 13.5. The number of rotatable bonds is 4. The van der Waals surface area contributed by atoms with Crippen LogP contribution in [0.1, 0.15) is 53.0 Å². The Labute approximate surface area is 139 Å². The maximum atomic E-state index is 12.6. The molecule has 24 heavy (non-hydrogen) atoms. The molecule has 7 nitrogen and oxygen atoms in total. The van der Waals surface area contributed by atoms with Crippen LogP contribution in [0.3, 0.4) is 0 Å². The molecule has 126 valence electrons. The third-order valence-corrected chi connectivity index (χ3v) is 4.09. The van der Waals surface area contributed by atoms with Gasteiger partial charge in [-0.05, 0) is 38.0 Å². The summed E-state index contributed by atoms with van der Waals surface area (Å²) in [6.07, 6.45) is 0.312. The van der Waals surface area contributed by atoms with E-state index in [2.05, 4.69) is 5.32 Å². The number of hydrogen-bond donors (Lipinski definition) is 1. The third-order valence-electron chi connectivity index (χ3n) is 4.09. The van der Waals surface area contributed by atoms with Crippen molar-refractivity contribution in [3.8, 4) is 0 Å². The Kier molecular flexibility index (Phi) is 4.19. The molecule has 4 amide bonds. The second kappa shape index (κ2) is 6.16. The Morgan fingerprint density at radius 3 is 2.54 bits per heavy atom. The number of amides is 4. The van der Waals surface area contributed by atoms with Crippen LogP contribution in [0, 0.1) is 0 Å². The molecule has 0 bridgehead atoms. The van der Waals surface area contributed by atoms with Gasteiger partial charge >= 0.3 is 0 Å². The average molecular weight is 330 g/mol. The zero-order chi connectivity index (χ0) is 17.4. The zero-order valence-corrected chi connectivity index (χ0v) is 13.5. The molecule has 0 aliphatic carbocycles. The summed E-state index contributed by atoms with van der Waals surface area (Å²) in [5.74, 6) is -2.00. The standard InChI is InChI=1S/C17H18N2O5/c1-9(2)24-8-10-3-4-11-12(7-10)17(23)19(16(11)22)13-5-6-14(20)18-15(13)21/h3-4,7,9,13H,5-6,8H2,1-2H3,(H,18,20,21). The average Bonchev–Trinajstić information content (AvgIpc) is 2.77. The maximum Gasteiger partial charge on any atom is 0.262 e. The number of fused-ring (bicyclic) bond motifs is 1. The van der Waals surface area contributed by atoms with E-state index in [0.717, 1.165) is 10.5 Å². The number of ether oxygens (including phenoxy) is 1. The van der Waals surface area contributed by atoms with Crippen molar-refractivity contribution in [1.29, 1.82) is 0 Å². The Morgan fingerprint density at radius 1 is 1.17 bits per heavy atom. The molecule has 2 aliphatic rings. The van der Waals surface area contributed by atoms with E-state index in [9.17, 15) is 19.2 Å². The molecule has 7 heteroatoms. The smallest absolute Gasteiger partial charge is 0.262 e. The molecule has 1 aromatic rings. The minimum Gasteiger partial charge on any atom is -0.374 e. The van der Waals surface area contributed by atoms with E-state index in [-0.39, 0.29) is 36.0 Å². The second-order valence-corrected chi connectivity index (χ2v) is 6.19. The lowest BCUT2D eigenvalue weighted by atomic mass is 10.0. The molecule has 1 atom stereocenters. The van der Waals surface area contributed by atoms with Crippen LogP contribution in [0.5, 0.6) is 0 Å². The summed E-state index contributed by atoms with van der Waals surface area (Å²) < 4.78 is 5.51. The maximum absolute atomic E-state index is 12.6. The lowest BCUT2D eigenvalue weighted by Crippen LogP contribution is -2.54. The monoisotopic (exact) mass is 330 g/mol. The fraction of sp³-hybridized carbons (Fsp3) is 0.412. The molecule has 0 spiro atoms. The van der Waals surface area contributed by atoms with Gasteiger partial charge in [0.25, 0.3) is 11.8 Å². The van der Waals surface area contributed by atoms with E-state index < -0.39 is 23.8 Å². The highest BCUT2D eigenvalue weighted by Gasteiger charge is 2.44. The van der Waals surface area contributed by atoms with Crippen molar-refractivity contribution < 1.29 is 23.9 Å². The topological polar surface area (TPSA) is 92.8 Å². The first-order valence-corrected chi connectivity index (χ1v) is 7.84. The van der Waals surface area contributed by atoms with Gasteiger partial charge < -0.3 is 4.74 Å². The van der Waals surface area contributed by atoms with Gasteiger partial charge in [-0.25, -0.2) is 0 Å². The Bertz CT molecular complexity index is 740. The summed E-state index contributed by atoms with van der Waals surface area (Å²) in [6, 6.07) is 4.01. The number of carbonyl (C=O) groups excluding carboxylic acids is 4. The van der Waals surface area contributed by atoms with Crippen molar-refractivity contribution in [2.45, 2.75) is 45.4 Å². The van der Waals surface area contributed by atoms with Gasteiger partial charge in [-0.1, -0.05) is 6.07 Å². The summed E-state index contributed by atoms with van der Waals surface area (Å²) in [4.78, 5) is 49.3. The lowest BCUT2D eigenvalue weighted by molar-refractivity contribution is -0.136. The van der Waals surface area contributed by atoms with E-state index in [4.69, 9.17) is 4.74 Å². The number of imide groups is 2. The van der Waals surface area contributed by atoms with Crippen molar-refractivity contribution in [2.24, 2.45) is 0 Å². The van der Waals surface area contributed by atoms with E-state index in [1.165, 1.54) is 0 Å². The molecule has 2 aliphatic heterocycles. The summed E-state index contributed by atoms with van der Waals surface area (Å²) in [6.45, 7) is 4.16. The van der Waals surface area contributed by atoms with Crippen molar-refractivity contribution in [1.82, 2.24) is 10.2 Å². The van der Waals surface area contributed by atoms with Gasteiger partial charge in [0, 0.05) is 6.42 Å². The summed E-state index contributed by atoms with van der Waals surface area (Å²) in [7, 11) is 0. The predicted octanol–water partition coefficient (Wildman–Crippen LogP) is 1.01. The van der Waals surface area contributed by atoms with Crippen LogP contribution in [0.2, 0.25) is 0 Å². The molecule has 1 saturated heterocycles. The van der Waals surface area contributed by atoms with Crippen LogP contribution >= 0.6 is 0 Å². The molecule has 1 fully saturated rings. The van der Waals surface area contributed by atoms with Gasteiger partial charge in [0.1, 0.15) is 6.04 Å². The predicted molar refractivity (Wildman–Crippen MR) is 83.0 cm³/mol. The van der Waals surface area contributed by atoms with Gasteiger partial charge in [-0.2, -0.15) is 0 Å². The first-order chi connectivity index (χ1) is 11.4. The third kappa shape index (κ3) is 2.82. The quantitative estimate of drug-likeness (QED) is 0.832. The number of nitrogens with one attached hydrogen (secondary N) is 1. The molecule has 0 aromatic heterocycles. The van der Waals surface area contributed by atoms with Gasteiger partial charge in [0.05, 0.1) is 23.8 Å². The van der Waals surface area contributed by atoms with Crippen molar-refractivity contribution in [2.75, 3.05) is 0 Å². The number of benzene rings is 1. The first-order valence-electron chi connectivity index (χ1n) is 7.84. The molecular weight excluding hydrogens is 312 g/mol. The molecule has 1 N–H and O–H groups in total. The van der Waals surface area contributed by atoms with Crippen LogP contribution in [-0.2, 0) is 20.9 Å². The van der Waals surface area contributed by atoms with E-state index in [0.29, 0.717) is 6.61 Å². The Balaban J connectivity index is 1.85. The first kappa shape index (κ1) is 16.3. The summed E-state index contributed by atoms with van der Waals surface area (Å²) in [5.41, 5.74) is 1.33. The van der Waals surface area contributed by atoms with Crippen LogP contribution in [0.15, 0.2) is 18.2 Å². The Hall–Kier alpha value is -2.54. The van der Waals surface area contributed by atoms with Crippen molar-refractivity contribution >= 4 is 23.6 Å². The molecule has 1 aromatic carbocycles. The summed E-state index contributed by atoms with van der Waals surface area (Å²) in [5, 5.41) is 2.17. The highest BCUT2D eigenvalue weighted by Crippen LogP contribution is 2.28. The molecule has 0 radical (unpaired) electrons. The van der Waals surface area contributed by atoms with E-state index >= 15 is 0 Å². The fourth-order valence-corrected chi connectivity index (χ4v) is 2.87. The van der Waals surface area contributed by atoms with Crippen LogP contribution in [0.25, 0.3) is 0 Å². The molecule has 1 unspecified atom stereocenters. The van der Waals surface area contributed by atoms with Gasteiger partial charge in [0.15, 0.2) is 0 Å². The van der Waals surface area contributed by atoms with Gasteiger partial charge in [-0.3, -0.25) is 29.4 Å². The van der Waals surface area contributed by atoms with Gasteiger partial charge in [-0.15, -0.1) is 0 Å². The largest absolute Gasteiger partial charge is 0.374 e. The summed E-state index contributed by atoms with van der Waals surface area (Å²) >= 11 is 0. The SMILES string of the molecule is CC(C)OCc1ccc2c(c1)C(=O)N(C1CCC(=O)NC1=O)C2=O.